The standard InChI is InChI=1S/C31H29ClN4O6S/c1-22-9-15-29(16-10-22)43(39,40)36(26-7-4-8-28(18-26)41-2)20-30(37)35-33-19-23-11-13-27(14-12-23)42-21-31(38)34-25-6-3-5-24(32)17-25/h3-19H,20-21H2,1-2H3,(H,34,38)(H,35,37)/b33-19-. The van der Waals surface area contributed by atoms with Gasteiger partial charge in [-0.25, -0.2) is 13.8 Å². The number of hydrazone groups is 1. The Morgan fingerprint density at radius 1 is 0.907 bits per heavy atom. The van der Waals surface area contributed by atoms with Gasteiger partial charge in [0.1, 0.15) is 18.0 Å². The first-order valence-corrected chi connectivity index (χ1v) is 14.8. The number of nitrogens with one attached hydrogen (secondary N) is 2. The lowest BCUT2D eigenvalue weighted by Gasteiger charge is -2.24. The maximum Gasteiger partial charge on any atom is 0.264 e. The fourth-order valence-electron chi connectivity index (χ4n) is 3.83. The molecule has 2 N–H and O–H groups in total. The first kappa shape index (κ1) is 31.1. The van der Waals surface area contributed by atoms with Gasteiger partial charge in [0, 0.05) is 16.8 Å². The summed E-state index contributed by atoms with van der Waals surface area (Å²) >= 11 is 5.93. The zero-order chi connectivity index (χ0) is 30.8. The number of ether oxygens (including phenoxy) is 2. The molecule has 0 bridgehead atoms. The Kier molecular flexibility index (Phi) is 10.4. The number of aryl methyl sites for hydroxylation is 1. The lowest BCUT2D eigenvalue weighted by atomic mass is 10.2. The average molecular weight is 621 g/mol. The van der Waals surface area contributed by atoms with E-state index in [9.17, 15) is 18.0 Å². The van der Waals surface area contributed by atoms with Crippen LogP contribution in [0.3, 0.4) is 0 Å². The van der Waals surface area contributed by atoms with Crippen LogP contribution in [0.25, 0.3) is 0 Å². The Morgan fingerprint density at radius 2 is 1.63 bits per heavy atom. The Labute approximate surface area is 254 Å². The Hall–Kier alpha value is -4.87. The SMILES string of the molecule is COc1cccc(N(CC(=O)N/N=C\c2ccc(OCC(=O)Nc3cccc(Cl)c3)cc2)S(=O)(=O)c2ccc(C)cc2)c1. The van der Waals surface area contributed by atoms with Crippen LogP contribution in [0.1, 0.15) is 11.1 Å². The average Bonchev–Trinajstić information content (AvgIpc) is 2.99. The van der Waals surface area contributed by atoms with Gasteiger partial charge in [0.05, 0.1) is 23.9 Å². The van der Waals surface area contributed by atoms with Gasteiger partial charge < -0.3 is 14.8 Å². The number of sulfonamides is 1. The molecule has 4 rings (SSSR count). The van der Waals surface area contributed by atoms with Crippen molar-refractivity contribution >= 4 is 51.0 Å². The third-order valence-electron chi connectivity index (χ3n) is 6.00. The second kappa shape index (κ2) is 14.3. The van der Waals surface area contributed by atoms with Crippen molar-refractivity contribution in [3.8, 4) is 11.5 Å². The van der Waals surface area contributed by atoms with Gasteiger partial charge in [-0.15, -0.1) is 0 Å². The largest absolute Gasteiger partial charge is 0.497 e. The highest BCUT2D eigenvalue weighted by Gasteiger charge is 2.27. The minimum absolute atomic E-state index is 0.0430. The number of carbonyl (C=O) groups is 2. The molecule has 4 aromatic rings. The van der Waals surface area contributed by atoms with E-state index in [1.54, 1.807) is 78.9 Å². The molecule has 10 nitrogen and oxygen atoms in total. The molecule has 0 atom stereocenters. The molecule has 0 aliphatic rings. The van der Waals surface area contributed by atoms with E-state index < -0.39 is 22.5 Å². The molecule has 4 aromatic carbocycles. The number of halogens is 1. The van der Waals surface area contributed by atoms with Crippen LogP contribution in [0.15, 0.2) is 107 Å². The fraction of sp³-hybridized carbons (Fsp3) is 0.129. The third-order valence-corrected chi connectivity index (χ3v) is 8.02. The van der Waals surface area contributed by atoms with Crippen molar-refractivity contribution < 1.29 is 27.5 Å². The summed E-state index contributed by atoms with van der Waals surface area (Å²) in [7, 11) is -2.62. The van der Waals surface area contributed by atoms with Gasteiger partial charge in [-0.1, -0.05) is 41.4 Å². The van der Waals surface area contributed by atoms with Crippen molar-refractivity contribution in [1.82, 2.24) is 5.43 Å². The highest BCUT2D eigenvalue weighted by atomic mass is 35.5. The number of anilines is 2. The Bertz CT molecular complexity index is 1710. The van der Waals surface area contributed by atoms with Crippen molar-refractivity contribution in [2.24, 2.45) is 5.10 Å². The number of benzene rings is 4. The van der Waals surface area contributed by atoms with Gasteiger partial charge in [0.15, 0.2) is 6.61 Å². The van der Waals surface area contributed by atoms with Crippen LogP contribution in [0.5, 0.6) is 11.5 Å². The second-order valence-corrected chi connectivity index (χ2v) is 11.5. The zero-order valence-corrected chi connectivity index (χ0v) is 24.9. The monoisotopic (exact) mass is 620 g/mol. The summed E-state index contributed by atoms with van der Waals surface area (Å²) in [4.78, 5) is 25.0. The van der Waals surface area contributed by atoms with Crippen LogP contribution in [0.4, 0.5) is 11.4 Å². The number of methoxy groups -OCH3 is 1. The van der Waals surface area contributed by atoms with Gasteiger partial charge in [-0.05, 0) is 79.2 Å². The van der Waals surface area contributed by atoms with Gasteiger partial charge >= 0.3 is 0 Å². The minimum atomic E-state index is -4.09. The molecule has 0 radical (unpaired) electrons. The molecule has 222 valence electrons. The van der Waals surface area contributed by atoms with Gasteiger partial charge in [-0.3, -0.25) is 13.9 Å². The maximum atomic E-state index is 13.5. The van der Waals surface area contributed by atoms with Crippen molar-refractivity contribution in [3.63, 3.8) is 0 Å². The van der Waals surface area contributed by atoms with Crippen LogP contribution in [-0.2, 0) is 19.6 Å². The van der Waals surface area contributed by atoms with E-state index in [1.165, 1.54) is 31.5 Å². The summed E-state index contributed by atoms with van der Waals surface area (Å²) in [6.45, 7) is 1.13. The maximum absolute atomic E-state index is 13.5. The molecular formula is C31H29ClN4O6S. The molecular weight excluding hydrogens is 592 g/mol. The predicted octanol–water partition coefficient (Wildman–Crippen LogP) is 5.02. The van der Waals surface area contributed by atoms with Gasteiger partial charge in [0.2, 0.25) is 0 Å². The molecule has 0 saturated carbocycles. The normalized spacial score (nSPS) is 11.1. The topological polar surface area (TPSA) is 126 Å². The molecule has 0 saturated heterocycles. The zero-order valence-electron chi connectivity index (χ0n) is 23.4. The van der Waals surface area contributed by atoms with Crippen LogP contribution in [-0.4, -0.2) is 46.7 Å². The molecule has 2 amide bonds. The van der Waals surface area contributed by atoms with Gasteiger partial charge in [0.25, 0.3) is 21.8 Å². The van der Waals surface area contributed by atoms with Crippen molar-refractivity contribution in [2.45, 2.75) is 11.8 Å². The predicted molar refractivity (Wildman–Crippen MR) is 166 cm³/mol. The van der Waals surface area contributed by atoms with E-state index >= 15 is 0 Å². The lowest BCUT2D eigenvalue weighted by Crippen LogP contribution is -2.39. The summed E-state index contributed by atoms with van der Waals surface area (Å²) in [6, 6.07) is 26.2. The Balaban J connectivity index is 1.36. The summed E-state index contributed by atoms with van der Waals surface area (Å²) in [5, 5.41) is 7.16. The van der Waals surface area contributed by atoms with Crippen LogP contribution >= 0.6 is 11.6 Å². The van der Waals surface area contributed by atoms with E-state index in [-0.39, 0.29) is 23.1 Å². The van der Waals surface area contributed by atoms with Gasteiger partial charge in [-0.2, -0.15) is 5.10 Å². The number of hydrogen-bond acceptors (Lipinski definition) is 7. The summed E-state index contributed by atoms with van der Waals surface area (Å²) in [5.74, 6) is -0.102. The smallest absolute Gasteiger partial charge is 0.264 e. The number of carbonyl (C=O) groups excluding carboxylic acids is 2. The number of nitrogens with zero attached hydrogens (tertiary/aromatic N) is 2. The molecule has 0 heterocycles. The van der Waals surface area contributed by atoms with E-state index in [2.05, 4.69) is 15.8 Å². The van der Waals surface area contributed by atoms with E-state index in [4.69, 9.17) is 21.1 Å². The molecule has 0 unspecified atom stereocenters. The van der Waals surface area contributed by atoms with Crippen LogP contribution in [0, 0.1) is 6.92 Å². The second-order valence-electron chi connectivity index (χ2n) is 9.24. The number of rotatable bonds is 12. The molecule has 12 heteroatoms. The van der Waals surface area contributed by atoms with Crippen molar-refractivity contribution in [1.29, 1.82) is 0 Å². The molecule has 0 spiro atoms. The summed E-state index contributed by atoms with van der Waals surface area (Å²) < 4.78 is 38.8. The molecule has 0 aliphatic heterocycles. The molecule has 0 fully saturated rings. The molecule has 43 heavy (non-hydrogen) atoms. The molecule has 0 aliphatic carbocycles. The lowest BCUT2D eigenvalue weighted by molar-refractivity contribution is -0.119. The van der Waals surface area contributed by atoms with E-state index in [1.807, 2.05) is 6.92 Å². The number of amides is 2. The van der Waals surface area contributed by atoms with E-state index in [0.29, 0.717) is 27.8 Å². The fourth-order valence-corrected chi connectivity index (χ4v) is 5.43. The van der Waals surface area contributed by atoms with Crippen LogP contribution < -0.4 is 24.5 Å². The summed E-state index contributed by atoms with van der Waals surface area (Å²) in [6.07, 6.45) is 1.40. The highest BCUT2D eigenvalue weighted by molar-refractivity contribution is 7.92. The first-order valence-electron chi connectivity index (χ1n) is 13.0. The highest BCUT2D eigenvalue weighted by Crippen LogP contribution is 2.27. The molecule has 0 aromatic heterocycles. The summed E-state index contributed by atoms with van der Waals surface area (Å²) in [5.41, 5.74) is 4.73. The quantitative estimate of drug-likeness (QED) is 0.169. The Morgan fingerprint density at radius 3 is 2.33 bits per heavy atom. The van der Waals surface area contributed by atoms with Crippen molar-refractivity contribution in [2.75, 3.05) is 29.9 Å². The van der Waals surface area contributed by atoms with Crippen LogP contribution in [0.2, 0.25) is 5.02 Å². The van der Waals surface area contributed by atoms with E-state index in [0.717, 1.165) is 9.87 Å². The van der Waals surface area contributed by atoms with Crippen molar-refractivity contribution in [3.05, 3.63) is 113 Å². The number of hydrogen-bond donors (Lipinski definition) is 2. The first-order chi connectivity index (χ1) is 20.6. The minimum Gasteiger partial charge on any atom is -0.497 e. The third kappa shape index (κ3) is 8.81.